The number of hydrogen-bond acceptors (Lipinski definition) is 7. The van der Waals surface area contributed by atoms with Gasteiger partial charge in [0, 0.05) is 7.05 Å². The summed E-state index contributed by atoms with van der Waals surface area (Å²) < 4.78 is 6.54. The van der Waals surface area contributed by atoms with E-state index in [1.54, 1.807) is 13.3 Å². The van der Waals surface area contributed by atoms with Gasteiger partial charge in [-0.3, -0.25) is 0 Å². The Kier molecular flexibility index (Phi) is 3.79. The highest BCUT2D eigenvalue weighted by Gasteiger charge is 2.18. The second-order valence-corrected chi connectivity index (χ2v) is 5.09. The van der Waals surface area contributed by atoms with Crippen LogP contribution >= 0.6 is 11.3 Å². The SMILES string of the molecule is COC(=O)c1sc(NC(C)c2nncn2C)nc1C. The van der Waals surface area contributed by atoms with Gasteiger partial charge in [0.05, 0.1) is 18.8 Å². The molecule has 2 rings (SSSR count). The second kappa shape index (κ2) is 5.35. The summed E-state index contributed by atoms with van der Waals surface area (Å²) in [5, 5.41) is 11.7. The normalized spacial score (nSPS) is 12.2. The quantitative estimate of drug-likeness (QED) is 0.856. The molecule has 0 fully saturated rings. The third kappa shape index (κ3) is 2.73. The number of esters is 1. The summed E-state index contributed by atoms with van der Waals surface area (Å²) in [6.07, 6.45) is 1.64. The van der Waals surface area contributed by atoms with Gasteiger partial charge in [0.2, 0.25) is 0 Å². The molecule has 1 atom stereocenters. The molecule has 1 N–H and O–H groups in total. The Hall–Kier alpha value is -1.96. The van der Waals surface area contributed by atoms with Crippen molar-refractivity contribution in [3.8, 4) is 0 Å². The Labute approximate surface area is 114 Å². The average Bonchev–Trinajstić information content (AvgIpc) is 2.94. The summed E-state index contributed by atoms with van der Waals surface area (Å²) in [7, 11) is 3.23. The molecule has 0 bridgehead atoms. The minimum absolute atomic E-state index is 0.0523. The summed E-state index contributed by atoms with van der Waals surface area (Å²) in [5.41, 5.74) is 0.657. The van der Waals surface area contributed by atoms with E-state index < -0.39 is 0 Å². The van der Waals surface area contributed by atoms with E-state index in [1.807, 2.05) is 18.5 Å². The zero-order valence-electron chi connectivity index (χ0n) is 11.2. The fourth-order valence-corrected chi connectivity index (χ4v) is 2.65. The van der Waals surface area contributed by atoms with E-state index in [-0.39, 0.29) is 12.0 Å². The summed E-state index contributed by atoms with van der Waals surface area (Å²) in [6, 6.07) is -0.0523. The van der Waals surface area contributed by atoms with E-state index >= 15 is 0 Å². The van der Waals surface area contributed by atoms with Crippen LogP contribution in [0.1, 0.15) is 34.2 Å². The van der Waals surface area contributed by atoms with Crippen LogP contribution in [0.25, 0.3) is 0 Å². The number of nitrogens with zero attached hydrogens (tertiary/aromatic N) is 4. The zero-order chi connectivity index (χ0) is 14.0. The fourth-order valence-electron chi connectivity index (χ4n) is 1.67. The van der Waals surface area contributed by atoms with Crippen LogP contribution in [-0.2, 0) is 11.8 Å². The number of aromatic nitrogens is 4. The van der Waals surface area contributed by atoms with Crippen LogP contribution in [0.5, 0.6) is 0 Å². The third-order valence-corrected chi connectivity index (χ3v) is 3.71. The highest BCUT2D eigenvalue weighted by atomic mass is 32.1. The lowest BCUT2D eigenvalue weighted by atomic mass is 10.3. The van der Waals surface area contributed by atoms with Crippen molar-refractivity contribution in [2.24, 2.45) is 7.05 Å². The van der Waals surface area contributed by atoms with Gasteiger partial charge in [-0.05, 0) is 13.8 Å². The maximum atomic E-state index is 11.5. The molecule has 7 nitrogen and oxygen atoms in total. The van der Waals surface area contributed by atoms with Gasteiger partial charge < -0.3 is 14.6 Å². The smallest absolute Gasteiger partial charge is 0.350 e. The number of aryl methyl sites for hydroxylation is 2. The predicted octanol–water partition coefficient (Wildman–Crippen LogP) is 1.54. The van der Waals surface area contributed by atoms with Crippen LogP contribution in [0, 0.1) is 6.92 Å². The highest BCUT2D eigenvalue weighted by molar-refractivity contribution is 7.17. The molecule has 0 radical (unpaired) electrons. The number of nitrogens with one attached hydrogen (secondary N) is 1. The van der Waals surface area contributed by atoms with E-state index in [9.17, 15) is 4.79 Å². The molecule has 0 aliphatic rings. The summed E-state index contributed by atoms with van der Waals surface area (Å²) >= 11 is 1.27. The minimum Gasteiger partial charge on any atom is -0.465 e. The molecular formula is C11H15N5O2S. The van der Waals surface area contributed by atoms with E-state index in [0.717, 1.165) is 5.82 Å². The van der Waals surface area contributed by atoms with Crippen molar-refractivity contribution in [1.82, 2.24) is 19.7 Å². The Morgan fingerprint density at radius 3 is 2.89 bits per heavy atom. The maximum absolute atomic E-state index is 11.5. The molecule has 0 spiro atoms. The van der Waals surface area contributed by atoms with Gasteiger partial charge in [-0.2, -0.15) is 0 Å². The first kappa shape index (κ1) is 13.5. The van der Waals surface area contributed by atoms with Crippen molar-refractivity contribution >= 4 is 22.4 Å². The first-order valence-corrected chi connectivity index (χ1v) is 6.50. The van der Waals surface area contributed by atoms with E-state index in [0.29, 0.717) is 15.7 Å². The van der Waals surface area contributed by atoms with Crippen LogP contribution in [0.3, 0.4) is 0 Å². The lowest BCUT2D eigenvalue weighted by Gasteiger charge is -2.11. The van der Waals surface area contributed by atoms with Gasteiger partial charge in [-0.15, -0.1) is 10.2 Å². The van der Waals surface area contributed by atoms with E-state index in [1.165, 1.54) is 18.4 Å². The number of hydrogen-bond donors (Lipinski definition) is 1. The first-order chi connectivity index (χ1) is 9.02. The Bertz CT molecular complexity index is 592. The van der Waals surface area contributed by atoms with Crippen molar-refractivity contribution < 1.29 is 9.53 Å². The van der Waals surface area contributed by atoms with Gasteiger partial charge in [0.15, 0.2) is 11.0 Å². The van der Waals surface area contributed by atoms with Crippen molar-refractivity contribution in [3.05, 3.63) is 22.7 Å². The van der Waals surface area contributed by atoms with Gasteiger partial charge in [-0.1, -0.05) is 11.3 Å². The number of thiazole rings is 1. The molecule has 1 unspecified atom stereocenters. The fraction of sp³-hybridized carbons (Fsp3) is 0.455. The molecule has 0 aromatic carbocycles. The molecule has 0 amide bonds. The number of ether oxygens (including phenoxy) is 1. The Balaban J connectivity index is 2.16. The lowest BCUT2D eigenvalue weighted by Crippen LogP contribution is -2.11. The molecular weight excluding hydrogens is 266 g/mol. The molecule has 19 heavy (non-hydrogen) atoms. The van der Waals surface area contributed by atoms with E-state index in [4.69, 9.17) is 4.74 Å². The number of rotatable bonds is 4. The summed E-state index contributed by atoms with van der Waals surface area (Å²) in [4.78, 5) is 16.3. The highest BCUT2D eigenvalue weighted by Crippen LogP contribution is 2.26. The molecule has 0 aliphatic carbocycles. The first-order valence-electron chi connectivity index (χ1n) is 5.69. The van der Waals surface area contributed by atoms with Crippen molar-refractivity contribution in [2.45, 2.75) is 19.9 Å². The van der Waals surface area contributed by atoms with Gasteiger partial charge in [0.25, 0.3) is 0 Å². The number of anilines is 1. The minimum atomic E-state index is -0.366. The van der Waals surface area contributed by atoms with Gasteiger partial charge in [0.1, 0.15) is 11.2 Å². The second-order valence-electron chi connectivity index (χ2n) is 4.09. The molecule has 2 heterocycles. The number of methoxy groups -OCH3 is 1. The topological polar surface area (TPSA) is 81.9 Å². The average molecular weight is 281 g/mol. The van der Waals surface area contributed by atoms with E-state index in [2.05, 4.69) is 20.5 Å². The van der Waals surface area contributed by atoms with Crippen molar-refractivity contribution in [3.63, 3.8) is 0 Å². The molecule has 102 valence electrons. The maximum Gasteiger partial charge on any atom is 0.350 e. The summed E-state index contributed by atoms with van der Waals surface area (Å²) in [6.45, 7) is 3.74. The zero-order valence-corrected chi connectivity index (χ0v) is 12.0. The standard InChI is InChI=1S/C11H15N5O2S/c1-6-8(10(17)18-4)19-11(13-6)14-7(2)9-15-12-5-16(9)3/h5,7H,1-4H3,(H,13,14). The van der Waals surface area contributed by atoms with Gasteiger partial charge >= 0.3 is 5.97 Å². The number of carbonyl (C=O) groups is 1. The number of carbonyl (C=O) groups excluding carboxylic acids is 1. The van der Waals surface area contributed by atoms with Crippen LogP contribution in [-0.4, -0.2) is 32.8 Å². The van der Waals surface area contributed by atoms with Crippen LogP contribution < -0.4 is 5.32 Å². The molecule has 2 aromatic rings. The van der Waals surface area contributed by atoms with Crippen molar-refractivity contribution in [1.29, 1.82) is 0 Å². The molecule has 0 saturated carbocycles. The molecule has 0 aliphatic heterocycles. The van der Waals surface area contributed by atoms with Gasteiger partial charge in [-0.25, -0.2) is 9.78 Å². The largest absolute Gasteiger partial charge is 0.465 e. The third-order valence-electron chi connectivity index (χ3n) is 2.64. The molecule has 8 heteroatoms. The van der Waals surface area contributed by atoms with Crippen LogP contribution in [0.15, 0.2) is 6.33 Å². The monoisotopic (exact) mass is 281 g/mol. The Morgan fingerprint density at radius 1 is 1.58 bits per heavy atom. The predicted molar refractivity (Wildman–Crippen MR) is 71.2 cm³/mol. The molecule has 0 saturated heterocycles. The van der Waals surface area contributed by atoms with Crippen LogP contribution in [0.4, 0.5) is 5.13 Å². The lowest BCUT2D eigenvalue weighted by molar-refractivity contribution is 0.0605. The van der Waals surface area contributed by atoms with Crippen molar-refractivity contribution in [2.75, 3.05) is 12.4 Å². The Morgan fingerprint density at radius 2 is 2.32 bits per heavy atom. The van der Waals surface area contributed by atoms with Crippen LogP contribution in [0.2, 0.25) is 0 Å². The molecule has 2 aromatic heterocycles. The summed E-state index contributed by atoms with van der Waals surface area (Å²) in [5.74, 6) is 0.432.